The molecule has 0 aliphatic carbocycles. The maximum Gasteiger partial charge on any atom is 0.239 e. The van der Waals surface area contributed by atoms with Gasteiger partial charge in [0.2, 0.25) is 5.91 Å². The van der Waals surface area contributed by atoms with Crippen molar-refractivity contribution in [1.82, 2.24) is 4.90 Å². The van der Waals surface area contributed by atoms with Gasteiger partial charge in [0, 0.05) is 19.0 Å². The van der Waals surface area contributed by atoms with Crippen molar-refractivity contribution >= 4 is 5.91 Å². The summed E-state index contributed by atoms with van der Waals surface area (Å²) in [7, 11) is 1.68. The van der Waals surface area contributed by atoms with Crippen molar-refractivity contribution in [2.24, 2.45) is 5.73 Å². The molecule has 4 nitrogen and oxygen atoms in total. The van der Waals surface area contributed by atoms with Crippen molar-refractivity contribution in [3.8, 4) is 5.75 Å². The van der Waals surface area contributed by atoms with Crippen LogP contribution < -0.4 is 10.5 Å². The van der Waals surface area contributed by atoms with Crippen LogP contribution in [-0.4, -0.2) is 37.0 Å². The Morgan fingerprint density at radius 2 is 2.22 bits per heavy atom. The van der Waals surface area contributed by atoms with Crippen LogP contribution in [0.1, 0.15) is 24.8 Å². The summed E-state index contributed by atoms with van der Waals surface area (Å²) in [6.07, 6.45) is 0.971. The maximum absolute atomic E-state index is 11.8. The summed E-state index contributed by atoms with van der Waals surface area (Å²) in [5.41, 5.74) is 6.82. The molecule has 1 fully saturated rings. The zero-order chi connectivity index (χ0) is 13.1. The van der Waals surface area contributed by atoms with E-state index >= 15 is 0 Å². The molecule has 1 aromatic carbocycles. The Balaban J connectivity index is 2.11. The number of rotatable bonds is 3. The first-order valence-electron chi connectivity index (χ1n) is 6.30. The molecule has 0 radical (unpaired) electrons. The number of hydrogen-bond donors (Lipinski definition) is 1. The van der Waals surface area contributed by atoms with Crippen molar-refractivity contribution in [1.29, 1.82) is 0 Å². The lowest BCUT2D eigenvalue weighted by molar-refractivity contribution is -0.131. The van der Waals surface area contributed by atoms with Gasteiger partial charge in [0.1, 0.15) is 5.75 Å². The molecule has 0 spiro atoms. The van der Waals surface area contributed by atoms with Gasteiger partial charge < -0.3 is 15.4 Å². The van der Waals surface area contributed by atoms with Crippen LogP contribution >= 0.6 is 0 Å². The van der Waals surface area contributed by atoms with Crippen LogP contribution in [0.3, 0.4) is 0 Å². The molecule has 1 unspecified atom stereocenters. The van der Waals surface area contributed by atoms with Crippen LogP contribution in [-0.2, 0) is 4.79 Å². The van der Waals surface area contributed by atoms with Crippen molar-refractivity contribution in [3.05, 3.63) is 29.8 Å². The highest BCUT2D eigenvalue weighted by molar-refractivity contribution is 5.81. The molecule has 0 saturated carbocycles. The summed E-state index contributed by atoms with van der Waals surface area (Å²) in [5.74, 6) is 1.29. The summed E-state index contributed by atoms with van der Waals surface area (Å²) in [6.45, 7) is 3.25. The van der Waals surface area contributed by atoms with E-state index in [0.29, 0.717) is 5.92 Å². The average Bonchev–Trinajstić information content (AvgIpc) is 2.87. The van der Waals surface area contributed by atoms with Gasteiger partial charge in [-0.3, -0.25) is 4.79 Å². The molecule has 98 valence electrons. The van der Waals surface area contributed by atoms with E-state index in [1.54, 1.807) is 14.0 Å². The highest BCUT2D eigenvalue weighted by atomic mass is 16.5. The van der Waals surface area contributed by atoms with E-state index in [1.165, 1.54) is 5.56 Å². The second-order valence-electron chi connectivity index (χ2n) is 4.80. The van der Waals surface area contributed by atoms with Crippen LogP contribution in [0.15, 0.2) is 24.3 Å². The number of benzene rings is 1. The summed E-state index contributed by atoms with van der Waals surface area (Å²) < 4.78 is 5.37. The van der Waals surface area contributed by atoms with Crippen LogP contribution in [0, 0.1) is 0 Å². The number of carbonyl (C=O) groups is 1. The Morgan fingerprint density at radius 1 is 1.50 bits per heavy atom. The van der Waals surface area contributed by atoms with Crippen LogP contribution in [0.4, 0.5) is 0 Å². The lowest BCUT2D eigenvalue weighted by Crippen LogP contribution is -2.40. The Morgan fingerprint density at radius 3 is 2.89 bits per heavy atom. The largest absolute Gasteiger partial charge is 0.496 e. The number of para-hydroxylation sites is 1. The molecule has 1 saturated heterocycles. The van der Waals surface area contributed by atoms with Gasteiger partial charge in [-0.1, -0.05) is 18.2 Å². The number of ether oxygens (including phenoxy) is 1. The third-order valence-electron chi connectivity index (χ3n) is 3.47. The summed E-state index contributed by atoms with van der Waals surface area (Å²) in [5, 5.41) is 0. The molecular weight excluding hydrogens is 228 g/mol. The molecule has 0 bridgehead atoms. The first-order valence-corrected chi connectivity index (χ1v) is 6.30. The molecule has 1 aliphatic heterocycles. The molecule has 4 heteroatoms. The first-order chi connectivity index (χ1) is 8.63. The molecule has 1 aromatic rings. The standard InChI is InChI=1S/C14H20N2O2/c1-10(15)14(17)16-8-7-11(9-16)12-5-3-4-6-13(12)18-2/h3-6,10-11H,7-9,15H2,1-2H3/t10-,11?/m1/s1. The van der Waals surface area contributed by atoms with E-state index in [2.05, 4.69) is 6.07 Å². The first kappa shape index (κ1) is 12.9. The Hall–Kier alpha value is -1.55. The number of nitrogens with two attached hydrogens (primary N) is 1. The quantitative estimate of drug-likeness (QED) is 0.878. The minimum Gasteiger partial charge on any atom is -0.496 e. The van der Waals surface area contributed by atoms with Gasteiger partial charge in [0.15, 0.2) is 0 Å². The zero-order valence-electron chi connectivity index (χ0n) is 10.9. The van der Waals surface area contributed by atoms with Gasteiger partial charge in [-0.2, -0.15) is 0 Å². The fourth-order valence-corrected chi connectivity index (χ4v) is 2.51. The third kappa shape index (κ3) is 2.48. The highest BCUT2D eigenvalue weighted by Gasteiger charge is 2.29. The molecule has 2 atom stereocenters. The van der Waals surface area contributed by atoms with Crippen LogP contribution in [0.5, 0.6) is 5.75 Å². The molecule has 18 heavy (non-hydrogen) atoms. The normalized spacial score (nSPS) is 20.8. The van der Waals surface area contributed by atoms with E-state index in [1.807, 2.05) is 23.1 Å². The van der Waals surface area contributed by atoms with Gasteiger partial charge in [0.25, 0.3) is 0 Å². The number of likely N-dealkylation sites (tertiary alicyclic amines) is 1. The minimum atomic E-state index is -0.415. The fourth-order valence-electron chi connectivity index (χ4n) is 2.51. The van der Waals surface area contributed by atoms with E-state index in [0.717, 1.165) is 25.3 Å². The smallest absolute Gasteiger partial charge is 0.239 e. The van der Waals surface area contributed by atoms with E-state index in [4.69, 9.17) is 10.5 Å². The molecule has 1 aliphatic rings. The number of nitrogens with zero attached hydrogens (tertiary/aromatic N) is 1. The summed E-state index contributed by atoms with van der Waals surface area (Å²) in [4.78, 5) is 13.7. The van der Waals surface area contributed by atoms with Crippen molar-refractivity contribution in [2.45, 2.75) is 25.3 Å². The number of methoxy groups -OCH3 is 1. The molecular formula is C14H20N2O2. The van der Waals surface area contributed by atoms with Crippen molar-refractivity contribution in [3.63, 3.8) is 0 Å². The van der Waals surface area contributed by atoms with Crippen LogP contribution in [0.25, 0.3) is 0 Å². The maximum atomic E-state index is 11.8. The number of amides is 1. The Kier molecular flexibility index (Phi) is 3.87. The second kappa shape index (κ2) is 5.40. The molecule has 2 rings (SSSR count). The van der Waals surface area contributed by atoms with Gasteiger partial charge in [0.05, 0.1) is 13.2 Å². The summed E-state index contributed by atoms with van der Waals surface area (Å²) in [6, 6.07) is 7.59. The Bertz CT molecular complexity index is 432. The van der Waals surface area contributed by atoms with Gasteiger partial charge >= 0.3 is 0 Å². The third-order valence-corrected chi connectivity index (χ3v) is 3.47. The van der Waals surface area contributed by atoms with E-state index in [-0.39, 0.29) is 5.91 Å². The fraction of sp³-hybridized carbons (Fsp3) is 0.500. The predicted octanol–water partition coefficient (Wildman–Crippen LogP) is 1.36. The van der Waals surface area contributed by atoms with Gasteiger partial charge in [-0.05, 0) is 25.0 Å². The molecule has 1 amide bonds. The number of carbonyl (C=O) groups excluding carboxylic acids is 1. The second-order valence-corrected chi connectivity index (χ2v) is 4.80. The average molecular weight is 248 g/mol. The predicted molar refractivity (Wildman–Crippen MR) is 70.6 cm³/mol. The molecule has 0 aromatic heterocycles. The van der Waals surface area contributed by atoms with Crippen molar-refractivity contribution < 1.29 is 9.53 Å². The Labute approximate surface area is 108 Å². The monoisotopic (exact) mass is 248 g/mol. The molecule has 2 N–H and O–H groups in total. The van der Waals surface area contributed by atoms with Crippen molar-refractivity contribution in [2.75, 3.05) is 20.2 Å². The topological polar surface area (TPSA) is 55.6 Å². The summed E-state index contributed by atoms with van der Waals surface area (Å²) >= 11 is 0. The lowest BCUT2D eigenvalue weighted by atomic mass is 9.97. The SMILES string of the molecule is COc1ccccc1C1CCN(C(=O)[C@@H](C)N)C1. The van der Waals surface area contributed by atoms with E-state index in [9.17, 15) is 4.79 Å². The molecule has 1 heterocycles. The van der Waals surface area contributed by atoms with Gasteiger partial charge in [-0.15, -0.1) is 0 Å². The van der Waals surface area contributed by atoms with E-state index < -0.39 is 6.04 Å². The lowest BCUT2D eigenvalue weighted by Gasteiger charge is -2.19. The van der Waals surface area contributed by atoms with Crippen LogP contribution in [0.2, 0.25) is 0 Å². The highest BCUT2D eigenvalue weighted by Crippen LogP contribution is 2.33. The zero-order valence-corrected chi connectivity index (χ0v) is 10.9. The number of hydrogen-bond acceptors (Lipinski definition) is 3. The minimum absolute atomic E-state index is 0.0346. The van der Waals surface area contributed by atoms with Gasteiger partial charge in [-0.25, -0.2) is 0 Å².